The fraction of sp³-hybridized carbons (Fsp3) is 0.294. The van der Waals surface area contributed by atoms with Crippen LogP contribution in [0.3, 0.4) is 0 Å². The Bertz CT molecular complexity index is 887. The summed E-state index contributed by atoms with van der Waals surface area (Å²) in [5, 5.41) is 9.76. The molecule has 1 aromatic carbocycles. The lowest BCUT2D eigenvalue weighted by atomic mass is 9.98. The van der Waals surface area contributed by atoms with Crippen molar-refractivity contribution < 1.29 is 18.0 Å². The van der Waals surface area contributed by atoms with E-state index in [9.17, 15) is 18.0 Å². The zero-order chi connectivity index (χ0) is 18.7. The van der Waals surface area contributed by atoms with E-state index in [0.717, 1.165) is 5.56 Å². The van der Waals surface area contributed by atoms with Crippen molar-refractivity contribution in [2.45, 2.75) is 11.3 Å². The molecule has 0 aliphatic carbocycles. The van der Waals surface area contributed by atoms with Gasteiger partial charge in [0.2, 0.25) is 15.9 Å². The molecule has 3 N–H and O–H groups in total. The smallest absolute Gasteiger partial charge is 0.263 e. The Kier molecular flexibility index (Phi) is 5.40. The third-order valence-corrected chi connectivity index (χ3v) is 6.02. The van der Waals surface area contributed by atoms with Crippen LogP contribution in [-0.4, -0.2) is 44.8 Å². The number of carbonyl (C=O) groups excluding carboxylic acids is 2. The van der Waals surface area contributed by atoms with Gasteiger partial charge in [0.1, 0.15) is 0 Å². The molecule has 2 heterocycles. The lowest BCUT2D eigenvalue weighted by Gasteiger charge is -2.37. The first-order valence-electron chi connectivity index (χ1n) is 8.07. The van der Waals surface area contributed by atoms with Crippen molar-refractivity contribution in [2.75, 3.05) is 19.6 Å². The number of rotatable bonds is 6. The summed E-state index contributed by atoms with van der Waals surface area (Å²) in [5.41, 5.74) is 0.904. The van der Waals surface area contributed by atoms with Gasteiger partial charge in [0.15, 0.2) is 0 Å². The van der Waals surface area contributed by atoms with Crippen molar-refractivity contribution in [3.8, 4) is 0 Å². The quantitative estimate of drug-likeness (QED) is 0.757. The number of hydrogen-bond donors (Lipinski definition) is 2. The molecule has 2 aromatic rings. The summed E-state index contributed by atoms with van der Waals surface area (Å²) in [7, 11) is -3.69. The maximum Gasteiger partial charge on any atom is 0.263 e. The number of likely N-dealkylation sites (tertiary alicyclic amines) is 1. The maximum atomic E-state index is 12.1. The Balaban J connectivity index is 1.41. The highest BCUT2D eigenvalue weighted by molar-refractivity contribution is 7.89. The number of benzene rings is 1. The van der Waals surface area contributed by atoms with Crippen molar-refractivity contribution >= 4 is 33.2 Å². The topological polar surface area (TPSA) is 110 Å². The summed E-state index contributed by atoms with van der Waals surface area (Å²) in [6.07, 6.45) is 0.585. The molecule has 2 amide bonds. The number of sulfonamides is 1. The molecule has 9 heteroatoms. The molecule has 0 spiro atoms. The van der Waals surface area contributed by atoms with E-state index in [2.05, 4.69) is 5.32 Å². The number of nitrogens with two attached hydrogens (primary N) is 1. The van der Waals surface area contributed by atoms with Crippen molar-refractivity contribution in [2.24, 2.45) is 11.1 Å². The average molecular weight is 393 g/mol. The van der Waals surface area contributed by atoms with Gasteiger partial charge < -0.3 is 10.2 Å². The van der Waals surface area contributed by atoms with Crippen LogP contribution < -0.4 is 10.5 Å². The van der Waals surface area contributed by atoms with E-state index in [-0.39, 0.29) is 22.6 Å². The molecule has 3 rings (SSSR count). The molecule has 0 radical (unpaired) electrons. The van der Waals surface area contributed by atoms with Crippen molar-refractivity contribution in [3.05, 3.63) is 52.2 Å². The standard InChI is InChI=1S/C17H19N3O4S2/c18-26(23,24)14-5-3-12(4-6-14)7-8-19-16(21)13-10-20(11-13)17(22)15-2-1-9-25-15/h1-6,9,13H,7-8,10-11H2,(H,19,21)(H2,18,23,24). The molecule has 1 fully saturated rings. The zero-order valence-electron chi connectivity index (χ0n) is 13.9. The molecule has 1 aromatic heterocycles. The highest BCUT2D eigenvalue weighted by Gasteiger charge is 2.36. The highest BCUT2D eigenvalue weighted by atomic mass is 32.2. The minimum Gasteiger partial charge on any atom is -0.355 e. The van der Waals surface area contributed by atoms with Crippen LogP contribution >= 0.6 is 11.3 Å². The second-order valence-electron chi connectivity index (χ2n) is 6.11. The molecule has 26 heavy (non-hydrogen) atoms. The van der Waals surface area contributed by atoms with E-state index in [1.54, 1.807) is 23.1 Å². The summed E-state index contributed by atoms with van der Waals surface area (Å²) in [4.78, 5) is 26.6. The average Bonchev–Trinajstić information content (AvgIpc) is 3.07. The van der Waals surface area contributed by atoms with Gasteiger partial charge in [-0.05, 0) is 35.6 Å². The van der Waals surface area contributed by atoms with Gasteiger partial charge in [-0.15, -0.1) is 11.3 Å². The minimum absolute atomic E-state index is 0.0287. The van der Waals surface area contributed by atoms with Gasteiger partial charge in [0, 0.05) is 19.6 Å². The van der Waals surface area contributed by atoms with Crippen LogP contribution in [-0.2, 0) is 21.2 Å². The molecular formula is C17H19N3O4S2. The second-order valence-corrected chi connectivity index (χ2v) is 8.62. The van der Waals surface area contributed by atoms with E-state index in [4.69, 9.17) is 5.14 Å². The van der Waals surface area contributed by atoms with Crippen LogP contribution in [0.1, 0.15) is 15.2 Å². The van der Waals surface area contributed by atoms with Crippen LogP contribution in [0, 0.1) is 5.92 Å². The van der Waals surface area contributed by atoms with Gasteiger partial charge in [0.25, 0.3) is 5.91 Å². The normalized spacial score (nSPS) is 14.7. The van der Waals surface area contributed by atoms with E-state index < -0.39 is 10.0 Å². The SMILES string of the molecule is NS(=O)(=O)c1ccc(CCNC(=O)C2CN(C(=O)c3cccs3)C2)cc1. The predicted molar refractivity (Wildman–Crippen MR) is 98.2 cm³/mol. The van der Waals surface area contributed by atoms with Gasteiger partial charge in [-0.1, -0.05) is 18.2 Å². The van der Waals surface area contributed by atoms with Gasteiger partial charge in [-0.2, -0.15) is 0 Å². The number of nitrogens with zero attached hydrogens (tertiary/aromatic N) is 1. The van der Waals surface area contributed by atoms with Gasteiger partial charge in [0.05, 0.1) is 15.7 Å². The van der Waals surface area contributed by atoms with Crippen LogP contribution in [0.25, 0.3) is 0 Å². The van der Waals surface area contributed by atoms with E-state index in [0.29, 0.717) is 30.9 Å². The molecule has 0 unspecified atom stereocenters. The van der Waals surface area contributed by atoms with Crippen molar-refractivity contribution in [3.63, 3.8) is 0 Å². The number of primary sulfonamides is 1. The Hall–Kier alpha value is -2.23. The second kappa shape index (κ2) is 7.56. The third-order valence-electron chi connectivity index (χ3n) is 4.24. The molecule has 1 saturated heterocycles. The van der Waals surface area contributed by atoms with Gasteiger partial charge in [-0.25, -0.2) is 13.6 Å². The minimum atomic E-state index is -3.69. The van der Waals surface area contributed by atoms with Crippen molar-refractivity contribution in [1.82, 2.24) is 10.2 Å². The van der Waals surface area contributed by atoms with Crippen LogP contribution in [0.2, 0.25) is 0 Å². The molecule has 138 valence electrons. The predicted octanol–water partition coefficient (Wildman–Crippen LogP) is 0.826. The van der Waals surface area contributed by atoms with E-state index in [1.807, 2.05) is 11.4 Å². The number of carbonyl (C=O) groups is 2. The number of amides is 2. The summed E-state index contributed by atoms with van der Waals surface area (Å²) >= 11 is 1.39. The molecule has 0 saturated carbocycles. The number of thiophene rings is 1. The Morgan fingerprint density at radius 1 is 1.19 bits per heavy atom. The molecule has 7 nitrogen and oxygen atoms in total. The summed E-state index contributed by atoms with van der Waals surface area (Å²) in [5.74, 6) is -0.274. The highest BCUT2D eigenvalue weighted by Crippen LogP contribution is 2.21. The first-order valence-corrected chi connectivity index (χ1v) is 10.5. The summed E-state index contributed by atoms with van der Waals surface area (Å²) in [6, 6.07) is 9.87. The van der Waals surface area contributed by atoms with Gasteiger partial charge >= 0.3 is 0 Å². The van der Waals surface area contributed by atoms with Crippen molar-refractivity contribution in [1.29, 1.82) is 0 Å². The maximum absolute atomic E-state index is 12.1. The summed E-state index contributed by atoms with van der Waals surface area (Å²) in [6.45, 7) is 1.32. The van der Waals surface area contributed by atoms with Crippen LogP contribution in [0.15, 0.2) is 46.7 Å². The molecule has 0 bridgehead atoms. The Morgan fingerprint density at radius 3 is 2.46 bits per heavy atom. The molecular weight excluding hydrogens is 374 g/mol. The molecule has 1 aliphatic rings. The lowest BCUT2D eigenvalue weighted by Crippen LogP contribution is -2.55. The van der Waals surface area contributed by atoms with Gasteiger partial charge in [-0.3, -0.25) is 9.59 Å². The molecule has 1 aliphatic heterocycles. The number of nitrogens with one attached hydrogen (secondary N) is 1. The first-order chi connectivity index (χ1) is 12.3. The number of hydrogen-bond acceptors (Lipinski definition) is 5. The third kappa shape index (κ3) is 4.29. The zero-order valence-corrected chi connectivity index (χ0v) is 15.6. The van der Waals surface area contributed by atoms with E-state index >= 15 is 0 Å². The van der Waals surface area contributed by atoms with Crippen LogP contribution in [0.4, 0.5) is 0 Å². The Morgan fingerprint density at radius 2 is 1.88 bits per heavy atom. The summed E-state index contributed by atoms with van der Waals surface area (Å²) < 4.78 is 22.4. The monoisotopic (exact) mass is 393 g/mol. The fourth-order valence-corrected chi connectivity index (χ4v) is 3.89. The Labute approximate surface area is 155 Å². The molecule has 0 atom stereocenters. The first kappa shape index (κ1) is 18.6. The van der Waals surface area contributed by atoms with Crippen LogP contribution in [0.5, 0.6) is 0 Å². The fourth-order valence-electron chi connectivity index (χ4n) is 2.69. The lowest BCUT2D eigenvalue weighted by molar-refractivity contribution is -0.128. The largest absolute Gasteiger partial charge is 0.355 e. The van der Waals surface area contributed by atoms with E-state index in [1.165, 1.54) is 23.5 Å².